The fraction of sp³-hybridized carbons (Fsp3) is 0.571. The Morgan fingerprint density at radius 3 is 2.41 bits per heavy atom. The molecule has 2 atom stereocenters. The van der Waals surface area contributed by atoms with E-state index < -0.39 is 0 Å². The number of hydrogen-bond acceptors (Lipinski definition) is 3. The Bertz CT molecular complexity index is 339. The van der Waals surface area contributed by atoms with Crippen molar-refractivity contribution in [3.63, 3.8) is 0 Å². The van der Waals surface area contributed by atoms with Crippen LogP contribution in [0.5, 0.6) is 5.75 Å². The Kier molecular flexibility index (Phi) is 5.45. The molecule has 3 heteroatoms. The number of para-hydroxylation sites is 1. The highest BCUT2D eigenvalue weighted by Gasteiger charge is 2.24. The van der Waals surface area contributed by atoms with Gasteiger partial charge in [0.05, 0.1) is 18.8 Å². The molecule has 0 bridgehead atoms. The van der Waals surface area contributed by atoms with E-state index in [0.717, 1.165) is 11.3 Å². The summed E-state index contributed by atoms with van der Waals surface area (Å²) in [4.78, 5) is 0. The van der Waals surface area contributed by atoms with Gasteiger partial charge in [-0.25, -0.2) is 0 Å². The van der Waals surface area contributed by atoms with Gasteiger partial charge >= 0.3 is 0 Å². The van der Waals surface area contributed by atoms with Gasteiger partial charge in [-0.1, -0.05) is 32.0 Å². The van der Waals surface area contributed by atoms with Gasteiger partial charge in [-0.3, -0.25) is 0 Å². The van der Waals surface area contributed by atoms with E-state index in [1.54, 1.807) is 7.11 Å². The van der Waals surface area contributed by atoms with Gasteiger partial charge in [0.1, 0.15) is 5.75 Å². The lowest BCUT2D eigenvalue weighted by atomic mass is 9.93. The molecule has 0 spiro atoms. The minimum atomic E-state index is -0.164. The van der Waals surface area contributed by atoms with E-state index in [1.807, 2.05) is 31.2 Å². The van der Waals surface area contributed by atoms with Crippen LogP contribution >= 0.6 is 0 Å². The second-order valence-electron chi connectivity index (χ2n) is 4.44. The Morgan fingerprint density at radius 1 is 1.24 bits per heavy atom. The van der Waals surface area contributed by atoms with Crippen LogP contribution in [-0.4, -0.2) is 19.8 Å². The molecule has 0 saturated carbocycles. The van der Waals surface area contributed by atoms with Crippen molar-refractivity contribution in [2.75, 3.05) is 13.7 Å². The fourth-order valence-corrected chi connectivity index (χ4v) is 2.05. The van der Waals surface area contributed by atoms with Crippen molar-refractivity contribution in [1.29, 1.82) is 0 Å². The van der Waals surface area contributed by atoms with Crippen molar-refractivity contribution in [2.45, 2.75) is 32.9 Å². The molecule has 0 aromatic heterocycles. The summed E-state index contributed by atoms with van der Waals surface area (Å²) in [7, 11) is 1.70. The first-order chi connectivity index (χ1) is 8.11. The smallest absolute Gasteiger partial charge is 0.124 e. The third-order valence-electron chi connectivity index (χ3n) is 2.86. The van der Waals surface area contributed by atoms with Gasteiger partial charge in [-0.05, 0) is 18.9 Å². The topological polar surface area (TPSA) is 44.5 Å². The maximum absolute atomic E-state index is 6.28. The summed E-state index contributed by atoms with van der Waals surface area (Å²) in [5.41, 5.74) is 7.29. The molecule has 0 aliphatic heterocycles. The zero-order valence-corrected chi connectivity index (χ0v) is 11.1. The highest BCUT2D eigenvalue weighted by Crippen LogP contribution is 2.29. The van der Waals surface area contributed by atoms with E-state index in [2.05, 4.69) is 13.8 Å². The first kappa shape index (κ1) is 14.0. The van der Waals surface area contributed by atoms with Gasteiger partial charge in [0.15, 0.2) is 0 Å². The summed E-state index contributed by atoms with van der Waals surface area (Å²) in [6.07, 6.45) is -0.00314. The highest BCUT2D eigenvalue weighted by molar-refractivity contribution is 5.36. The summed E-state index contributed by atoms with van der Waals surface area (Å²) in [6.45, 7) is 6.83. The number of nitrogens with two attached hydrogens (primary N) is 1. The molecule has 0 fully saturated rings. The first-order valence-corrected chi connectivity index (χ1v) is 6.11. The van der Waals surface area contributed by atoms with Crippen molar-refractivity contribution in [3.8, 4) is 5.75 Å². The largest absolute Gasteiger partial charge is 0.494 e. The van der Waals surface area contributed by atoms with Crippen LogP contribution in [0.25, 0.3) is 0 Å². The van der Waals surface area contributed by atoms with Crippen LogP contribution in [0.4, 0.5) is 0 Å². The fourth-order valence-electron chi connectivity index (χ4n) is 2.05. The number of ether oxygens (including phenoxy) is 2. The van der Waals surface area contributed by atoms with Gasteiger partial charge in [0.2, 0.25) is 0 Å². The van der Waals surface area contributed by atoms with Gasteiger partial charge in [-0.2, -0.15) is 0 Å². The third kappa shape index (κ3) is 3.45. The van der Waals surface area contributed by atoms with E-state index in [1.165, 1.54) is 0 Å². The van der Waals surface area contributed by atoms with Gasteiger partial charge in [0.25, 0.3) is 0 Å². The monoisotopic (exact) mass is 237 g/mol. The lowest BCUT2D eigenvalue weighted by molar-refractivity contribution is 0.0430. The van der Waals surface area contributed by atoms with Crippen LogP contribution in [0.2, 0.25) is 0 Å². The number of rotatable bonds is 6. The molecule has 1 rings (SSSR count). The second-order valence-corrected chi connectivity index (χ2v) is 4.44. The lowest BCUT2D eigenvalue weighted by Crippen LogP contribution is -2.32. The Balaban J connectivity index is 2.97. The molecule has 0 saturated heterocycles. The van der Waals surface area contributed by atoms with Gasteiger partial charge < -0.3 is 15.2 Å². The molecule has 1 aromatic carbocycles. The lowest BCUT2D eigenvalue weighted by Gasteiger charge is -2.27. The Hall–Kier alpha value is -1.06. The molecule has 3 nitrogen and oxygen atoms in total. The summed E-state index contributed by atoms with van der Waals surface area (Å²) >= 11 is 0. The quantitative estimate of drug-likeness (QED) is 0.827. The minimum absolute atomic E-state index is 0.00314. The van der Waals surface area contributed by atoms with Crippen molar-refractivity contribution in [2.24, 2.45) is 11.7 Å². The van der Waals surface area contributed by atoms with Gasteiger partial charge in [0, 0.05) is 12.7 Å². The summed E-state index contributed by atoms with van der Waals surface area (Å²) < 4.78 is 11.1. The number of hydrogen-bond donors (Lipinski definition) is 1. The molecule has 0 aliphatic rings. The molecule has 2 unspecified atom stereocenters. The van der Waals surface area contributed by atoms with Crippen LogP contribution in [0, 0.1) is 5.92 Å². The minimum Gasteiger partial charge on any atom is -0.494 e. The van der Waals surface area contributed by atoms with Crippen molar-refractivity contribution in [1.82, 2.24) is 0 Å². The average Bonchev–Trinajstić information content (AvgIpc) is 2.30. The van der Waals surface area contributed by atoms with Crippen molar-refractivity contribution < 1.29 is 9.47 Å². The van der Waals surface area contributed by atoms with Crippen molar-refractivity contribution >= 4 is 0 Å². The van der Waals surface area contributed by atoms with Gasteiger partial charge in [-0.15, -0.1) is 0 Å². The molecule has 0 amide bonds. The summed E-state index contributed by atoms with van der Waals surface area (Å²) in [6, 6.07) is 7.72. The standard InChI is InChI=1S/C14H23NO2/c1-5-17-12-9-7-6-8-11(12)13(15)14(16-4)10(2)3/h6-10,13-14H,5,15H2,1-4H3. The molecule has 0 heterocycles. The molecular formula is C14H23NO2. The normalized spacial score (nSPS) is 14.7. The van der Waals surface area contributed by atoms with Crippen molar-refractivity contribution in [3.05, 3.63) is 29.8 Å². The molecule has 17 heavy (non-hydrogen) atoms. The maximum atomic E-state index is 6.28. The Morgan fingerprint density at radius 2 is 1.88 bits per heavy atom. The van der Waals surface area contributed by atoms with Crippen LogP contribution in [-0.2, 0) is 4.74 Å². The highest BCUT2D eigenvalue weighted by atomic mass is 16.5. The summed E-state index contributed by atoms with van der Waals surface area (Å²) in [5.74, 6) is 1.22. The van der Waals surface area contributed by atoms with E-state index >= 15 is 0 Å². The van der Waals surface area contributed by atoms with E-state index in [-0.39, 0.29) is 12.1 Å². The molecule has 0 radical (unpaired) electrons. The average molecular weight is 237 g/mol. The SMILES string of the molecule is CCOc1ccccc1C(N)C(OC)C(C)C. The number of methoxy groups -OCH3 is 1. The number of benzene rings is 1. The van der Waals surface area contributed by atoms with E-state index in [4.69, 9.17) is 15.2 Å². The Labute approximate surface area is 104 Å². The predicted octanol–water partition coefficient (Wildman–Crippen LogP) is 2.76. The van der Waals surface area contributed by atoms with E-state index in [9.17, 15) is 0 Å². The third-order valence-corrected chi connectivity index (χ3v) is 2.86. The molecule has 1 aromatic rings. The maximum Gasteiger partial charge on any atom is 0.124 e. The van der Waals surface area contributed by atoms with Crippen LogP contribution in [0.15, 0.2) is 24.3 Å². The summed E-state index contributed by atoms with van der Waals surface area (Å²) in [5, 5.41) is 0. The molecule has 0 aliphatic carbocycles. The predicted molar refractivity (Wildman–Crippen MR) is 70.2 cm³/mol. The second kappa shape index (κ2) is 6.62. The van der Waals surface area contributed by atoms with Crippen LogP contribution in [0.3, 0.4) is 0 Å². The van der Waals surface area contributed by atoms with Crippen LogP contribution < -0.4 is 10.5 Å². The zero-order chi connectivity index (χ0) is 12.8. The molecule has 96 valence electrons. The molecule has 2 N–H and O–H groups in total. The zero-order valence-electron chi connectivity index (χ0n) is 11.1. The van der Waals surface area contributed by atoms with E-state index in [0.29, 0.717) is 12.5 Å². The molecular weight excluding hydrogens is 214 g/mol. The first-order valence-electron chi connectivity index (χ1n) is 6.11. The van der Waals surface area contributed by atoms with Crippen LogP contribution in [0.1, 0.15) is 32.4 Å².